The summed E-state index contributed by atoms with van der Waals surface area (Å²) in [5.41, 5.74) is 5.10. The predicted octanol–water partition coefficient (Wildman–Crippen LogP) is 4.55. The molecule has 2 amide bonds. The molecule has 0 saturated heterocycles. The summed E-state index contributed by atoms with van der Waals surface area (Å²) in [4.78, 5) is 28.4. The van der Waals surface area contributed by atoms with Crippen molar-refractivity contribution in [2.75, 3.05) is 5.32 Å². The number of nitrogens with one attached hydrogen (secondary N) is 1. The summed E-state index contributed by atoms with van der Waals surface area (Å²) in [7, 11) is 0. The maximum absolute atomic E-state index is 13.5. The van der Waals surface area contributed by atoms with Gasteiger partial charge in [-0.2, -0.15) is 18.3 Å². The number of carbonyl (C=O) groups excluding carboxylic acids is 2. The molecule has 0 bridgehead atoms. The summed E-state index contributed by atoms with van der Waals surface area (Å²) < 4.78 is 42.1. The lowest BCUT2D eigenvalue weighted by Gasteiger charge is -2.12. The van der Waals surface area contributed by atoms with Gasteiger partial charge < -0.3 is 11.1 Å². The van der Waals surface area contributed by atoms with Crippen LogP contribution in [0.1, 0.15) is 32.8 Å². The van der Waals surface area contributed by atoms with E-state index in [-0.39, 0.29) is 32.0 Å². The van der Waals surface area contributed by atoms with Crippen molar-refractivity contribution in [2.24, 2.45) is 5.73 Å². The molecule has 3 N–H and O–H groups in total. The van der Waals surface area contributed by atoms with E-state index in [9.17, 15) is 22.8 Å². The number of hydrogen-bond donors (Lipinski definition) is 2. The van der Waals surface area contributed by atoms with E-state index in [1.54, 1.807) is 41.2 Å². The number of aromatic nitrogens is 3. The number of carbonyl (C=O) groups is 2. The molecule has 0 radical (unpaired) electrons. The van der Waals surface area contributed by atoms with Crippen molar-refractivity contribution in [3.63, 3.8) is 0 Å². The number of nitrogens with zero attached hydrogens (tertiary/aromatic N) is 3. The molecule has 0 aliphatic carbocycles. The predicted molar refractivity (Wildman–Crippen MR) is 114 cm³/mol. The van der Waals surface area contributed by atoms with Gasteiger partial charge in [0.15, 0.2) is 5.69 Å². The number of alkyl halides is 3. The maximum Gasteiger partial charge on any atom is 0.433 e. The van der Waals surface area contributed by atoms with Crippen LogP contribution in [0.4, 0.5) is 18.9 Å². The Morgan fingerprint density at radius 2 is 1.91 bits per heavy atom. The number of hydrogen-bond acceptors (Lipinski definition) is 5. The highest BCUT2D eigenvalue weighted by atomic mass is 32.1. The number of pyridine rings is 1. The van der Waals surface area contributed by atoms with Crippen molar-refractivity contribution < 1.29 is 22.8 Å². The van der Waals surface area contributed by atoms with Crippen LogP contribution in [0.3, 0.4) is 0 Å². The number of nitrogens with two attached hydrogens (primary N) is 1. The lowest BCUT2D eigenvalue weighted by Crippen LogP contribution is -2.17. The van der Waals surface area contributed by atoms with Crippen molar-refractivity contribution in [1.82, 2.24) is 14.8 Å². The normalized spacial score (nSPS) is 11.6. The summed E-state index contributed by atoms with van der Waals surface area (Å²) in [6.07, 6.45) is -3.09. The highest BCUT2D eigenvalue weighted by Crippen LogP contribution is 2.43. The molecule has 7 nitrogen and oxygen atoms in total. The molecule has 3 heterocycles. The van der Waals surface area contributed by atoms with Gasteiger partial charge in [-0.05, 0) is 30.2 Å². The van der Waals surface area contributed by atoms with Crippen LogP contribution in [0, 0.1) is 0 Å². The lowest BCUT2D eigenvalue weighted by atomic mass is 10.0. The molecule has 0 atom stereocenters. The van der Waals surface area contributed by atoms with Crippen molar-refractivity contribution in [2.45, 2.75) is 19.6 Å². The van der Waals surface area contributed by atoms with Crippen molar-refractivity contribution in [3.8, 4) is 11.1 Å². The third kappa shape index (κ3) is 3.94. The fraction of sp³-hybridized carbons (Fsp3) is 0.143. The Balaban J connectivity index is 1.95. The highest BCUT2D eigenvalue weighted by Gasteiger charge is 2.35. The Labute approximate surface area is 183 Å². The minimum absolute atomic E-state index is 0.00799. The molecule has 0 saturated carbocycles. The van der Waals surface area contributed by atoms with Gasteiger partial charge in [0.2, 0.25) is 0 Å². The summed E-state index contributed by atoms with van der Waals surface area (Å²) in [5, 5.41) is 6.93. The third-order valence-corrected chi connectivity index (χ3v) is 5.80. The second kappa shape index (κ2) is 8.08. The van der Waals surface area contributed by atoms with Crippen LogP contribution in [-0.2, 0) is 12.7 Å². The Hall–Kier alpha value is -3.73. The lowest BCUT2D eigenvalue weighted by molar-refractivity contribution is -0.140. The number of thiophene rings is 1. The zero-order chi connectivity index (χ0) is 23.0. The topological polar surface area (TPSA) is 103 Å². The number of anilines is 1. The van der Waals surface area contributed by atoms with Crippen LogP contribution >= 0.6 is 11.3 Å². The Morgan fingerprint density at radius 3 is 2.50 bits per heavy atom. The average Bonchev–Trinajstić information content (AvgIpc) is 3.38. The van der Waals surface area contributed by atoms with Crippen LogP contribution in [-0.4, -0.2) is 26.6 Å². The van der Waals surface area contributed by atoms with E-state index in [4.69, 9.17) is 5.73 Å². The van der Waals surface area contributed by atoms with E-state index in [1.165, 1.54) is 6.07 Å². The van der Waals surface area contributed by atoms with E-state index in [2.05, 4.69) is 15.4 Å². The molecular weight excluding hydrogens is 443 g/mol. The molecule has 164 valence electrons. The van der Waals surface area contributed by atoms with Crippen molar-refractivity contribution >= 4 is 39.1 Å². The fourth-order valence-electron chi connectivity index (χ4n) is 3.22. The molecule has 4 rings (SSSR count). The van der Waals surface area contributed by atoms with Gasteiger partial charge in [0, 0.05) is 18.1 Å². The first-order chi connectivity index (χ1) is 15.2. The molecule has 0 aliphatic heterocycles. The number of fused-ring (bicyclic) bond motifs is 1. The Bertz CT molecular complexity index is 1330. The summed E-state index contributed by atoms with van der Waals surface area (Å²) in [6.45, 7) is 2.39. The first-order valence-electron chi connectivity index (χ1n) is 9.43. The summed E-state index contributed by atoms with van der Waals surface area (Å²) in [6, 6.07) is 10.7. The van der Waals surface area contributed by atoms with Gasteiger partial charge in [0.1, 0.15) is 15.4 Å². The summed E-state index contributed by atoms with van der Waals surface area (Å²) >= 11 is 0.692. The number of aryl methyl sites for hydroxylation is 1. The molecule has 0 spiro atoms. The minimum atomic E-state index is -4.70. The number of primary amides is 1. The van der Waals surface area contributed by atoms with Gasteiger partial charge in [0.25, 0.3) is 11.8 Å². The molecule has 4 aromatic rings. The molecule has 0 fully saturated rings. The van der Waals surface area contributed by atoms with E-state index in [0.29, 0.717) is 23.4 Å². The monoisotopic (exact) mass is 459 g/mol. The van der Waals surface area contributed by atoms with Crippen LogP contribution in [0.25, 0.3) is 21.3 Å². The molecule has 32 heavy (non-hydrogen) atoms. The van der Waals surface area contributed by atoms with Gasteiger partial charge >= 0.3 is 6.18 Å². The van der Waals surface area contributed by atoms with E-state index in [1.807, 2.05) is 6.92 Å². The third-order valence-electron chi connectivity index (χ3n) is 4.70. The van der Waals surface area contributed by atoms with E-state index in [0.717, 1.165) is 6.07 Å². The SMILES string of the molecule is CCn1ccc(C(=O)Nc2c(C(N)=O)sc3nc(C(F)(F)F)cc(-c4ccccc4)c23)n1. The van der Waals surface area contributed by atoms with Gasteiger partial charge in [-0.1, -0.05) is 30.3 Å². The second-order valence-electron chi connectivity index (χ2n) is 6.78. The molecule has 1 aromatic carbocycles. The zero-order valence-corrected chi connectivity index (χ0v) is 17.4. The zero-order valence-electron chi connectivity index (χ0n) is 16.6. The second-order valence-corrected chi connectivity index (χ2v) is 7.78. The van der Waals surface area contributed by atoms with Crippen molar-refractivity contribution in [3.05, 3.63) is 64.9 Å². The smallest absolute Gasteiger partial charge is 0.365 e. The van der Waals surface area contributed by atoms with Gasteiger partial charge in [-0.3, -0.25) is 14.3 Å². The standard InChI is InChI=1S/C21H16F3N5O2S/c1-2-29-9-8-13(28-29)19(31)27-16-15-12(11-6-4-3-5-7-11)10-14(21(22,23)24)26-20(15)32-17(16)18(25)30/h3-10H,2H2,1H3,(H2,25,30)(H,27,31). The molecule has 11 heteroatoms. The first-order valence-corrected chi connectivity index (χ1v) is 10.3. The largest absolute Gasteiger partial charge is 0.433 e. The van der Waals surface area contributed by atoms with Gasteiger partial charge in [-0.15, -0.1) is 11.3 Å². The molecule has 3 aromatic heterocycles. The minimum Gasteiger partial charge on any atom is -0.365 e. The summed E-state index contributed by atoms with van der Waals surface area (Å²) in [5.74, 6) is -1.52. The van der Waals surface area contributed by atoms with Crippen LogP contribution in [0.5, 0.6) is 0 Å². The van der Waals surface area contributed by atoms with Crippen LogP contribution in [0.15, 0.2) is 48.7 Å². The Morgan fingerprint density at radius 1 is 1.19 bits per heavy atom. The van der Waals surface area contributed by atoms with E-state index < -0.39 is 23.7 Å². The van der Waals surface area contributed by atoms with Crippen molar-refractivity contribution in [1.29, 1.82) is 0 Å². The highest BCUT2D eigenvalue weighted by molar-refractivity contribution is 7.21. The molecular formula is C21H16F3N5O2S. The number of rotatable bonds is 5. The quantitative estimate of drug-likeness (QED) is 0.457. The fourth-order valence-corrected chi connectivity index (χ4v) is 4.23. The average molecular weight is 459 g/mol. The number of amides is 2. The first kappa shape index (κ1) is 21.5. The van der Waals surface area contributed by atoms with E-state index >= 15 is 0 Å². The molecule has 0 unspecified atom stereocenters. The van der Waals surface area contributed by atoms with Crippen LogP contribution < -0.4 is 11.1 Å². The Kier molecular flexibility index (Phi) is 5.43. The number of halogens is 3. The van der Waals surface area contributed by atoms with Gasteiger partial charge in [-0.25, -0.2) is 4.98 Å². The van der Waals surface area contributed by atoms with Gasteiger partial charge in [0.05, 0.1) is 5.69 Å². The number of benzene rings is 1. The molecule has 0 aliphatic rings. The maximum atomic E-state index is 13.5. The van der Waals surface area contributed by atoms with Crippen LogP contribution in [0.2, 0.25) is 0 Å².